The van der Waals surface area contributed by atoms with Gasteiger partial charge in [0, 0.05) is 30.9 Å². The highest BCUT2D eigenvalue weighted by atomic mass is 32.1. The van der Waals surface area contributed by atoms with Crippen LogP contribution in [0.4, 0.5) is 10.2 Å². The maximum absolute atomic E-state index is 14.8. The first-order valence-electron chi connectivity index (χ1n) is 8.76. The molecule has 152 valence electrons. The van der Waals surface area contributed by atoms with E-state index in [1.807, 2.05) is 0 Å². The van der Waals surface area contributed by atoms with Gasteiger partial charge >= 0.3 is 5.97 Å². The topological polar surface area (TPSA) is 117 Å². The Morgan fingerprint density at radius 3 is 2.83 bits per heavy atom. The van der Waals surface area contributed by atoms with Crippen molar-refractivity contribution in [3.05, 3.63) is 45.4 Å². The molecule has 0 radical (unpaired) electrons. The van der Waals surface area contributed by atoms with Crippen LogP contribution in [0.15, 0.2) is 28.6 Å². The van der Waals surface area contributed by atoms with Gasteiger partial charge in [-0.25, -0.2) is 19.2 Å². The number of aromatic carboxylic acids is 1. The molecule has 4 heterocycles. The fourth-order valence-electron chi connectivity index (χ4n) is 3.17. The molecule has 1 aliphatic heterocycles. The molecule has 0 aliphatic carbocycles. The summed E-state index contributed by atoms with van der Waals surface area (Å²) < 4.78 is 16.1. The number of hydrogen-bond donors (Lipinski definition) is 2. The number of anilines is 1. The van der Waals surface area contributed by atoms with Crippen molar-refractivity contribution in [2.75, 3.05) is 24.5 Å². The van der Waals surface area contributed by atoms with Gasteiger partial charge in [0.2, 0.25) is 11.3 Å². The molecule has 4 rings (SSSR count). The SMILES string of the molecule is C#CCNC(=O)C1CN(c2nc3c(cc2F)c(=O)c(C(=O)O)cn3-c2nccs2)C1. The first-order valence-corrected chi connectivity index (χ1v) is 9.64. The highest BCUT2D eigenvalue weighted by Gasteiger charge is 2.35. The van der Waals surface area contributed by atoms with Crippen LogP contribution in [0.25, 0.3) is 16.2 Å². The molecule has 1 saturated heterocycles. The van der Waals surface area contributed by atoms with Crippen LogP contribution in [0.5, 0.6) is 0 Å². The third kappa shape index (κ3) is 3.27. The lowest BCUT2D eigenvalue weighted by Gasteiger charge is -2.39. The average molecular weight is 427 g/mol. The summed E-state index contributed by atoms with van der Waals surface area (Å²) in [5, 5.41) is 13.8. The van der Waals surface area contributed by atoms with E-state index in [0.29, 0.717) is 5.13 Å². The van der Waals surface area contributed by atoms with E-state index in [1.165, 1.54) is 22.1 Å². The highest BCUT2D eigenvalue weighted by molar-refractivity contribution is 7.12. The summed E-state index contributed by atoms with van der Waals surface area (Å²) >= 11 is 1.21. The van der Waals surface area contributed by atoms with E-state index < -0.39 is 22.8 Å². The van der Waals surface area contributed by atoms with Crippen LogP contribution in [0.1, 0.15) is 10.4 Å². The van der Waals surface area contributed by atoms with Gasteiger partial charge < -0.3 is 15.3 Å². The number of carboxylic acids is 1. The molecule has 0 saturated carbocycles. The van der Waals surface area contributed by atoms with Gasteiger partial charge in [-0.1, -0.05) is 5.92 Å². The van der Waals surface area contributed by atoms with Crippen molar-refractivity contribution < 1.29 is 19.1 Å². The molecule has 2 N–H and O–H groups in total. The van der Waals surface area contributed by atoms with Crippen molar-refractivity contribution in [1.82, 2.24) is 19.9 Å². The predicted octanol–water partition coefficient (Wildman–Crippen LogP) is 0.865. The molecule has 0 spiro atoms. The first kappa shape index (κ1) is 19.5. The quantitative estimate of drug-likeness (QED) is 0.580. The summed E-state index contributed by atoms with van der Waals surface area (Å²) in [5.41, 5.74) is -1.27. The molecule has 3 aromatic heterocycles. The third-order valence-corrected chi connectivity index (χ3v) is 5.46. The molecule has 0 bridgehead atoms. The Bertz CT molecular complexity index is 1260. The molecule has 0 aromatic carbocycles. The zero-order chi connectivity index (χ0) is 21.4. The van der Waals surface area contributed by atoms with Gasteiger partial charge in [0.25, 0.3) is 0 Å². The van der Waals surface area contributed by atoms with E-state index in [2.05, 4.69) is 21.2 Å². The van der Waals surface area contributed by atoms with E-state index >= 15 is 0 Å². The predicted molar refractivity (Wildman–Crippen MR) is 107 cm³/mol. The van der Waals surface area contributed by atoms with Crippen molar-refractivity contribution >= 4 is 40.1 Å². The molecule has 30 heavy (non-hydrogen) atoms. The molecule has 1 fully saturated rings. The maximum Gasteiger partial charge on any atom is 0.341 e. The Hall–Kier alpha value is -3.78. The van der Waals surface area contributed by atoms with Gasteiger partial charge in [0.1, 0.15) is 5.56 Å². The lowest BCUT2D eigenvalue weighted by atomic mass is 9.99. The molecular weight excluding hydrogens is 413 g/mol. The number of terminal acetylenes is 1. The van der Waals surface area contributed by atoms with Crippen LogP contribution in [-0.2, 0) is 4.79 Å². The lowest BCUT2D eigenvalue weighted by Crippen LogP contribution is -2.54. The monoisotopic (exact) mass is 427 g/mol. The summed E-state index contributed by atoms with van der Waals surface area (Å²) in [6.45, 7) is 0.588. The fraction of sp³-hybridized carbons (Fsp3) is 0.211. The molecular formula is C19H14FN5O4S. The van der Waals surface area contributed by atoms with Crippen LogP contribution in [-0.4, -0.2) is 51.2 Å². The van der Waals surface area contributed by atoms with Crippen molar-refractivity contribution in [2.45, 2.75) is 0 Å². The second kappa shape index (κ2) is 7.57. The maximum atomic E-state index is 14.8. The molecule has 0 unspecified atom stereocenters. The molecule has 3 aromatic rings. The first-order chi connectivity index (χ1) is 14.4. The standard InChI is InChI=1S/C19H14FN5O4S/c1-2-3-21-17(27)10-7-24(8-10)16-13(20)6-11-14(26)12(18(28)29)9-25(15(11)23-16)19-22-4-5-30-19/h1,4-6,9-10H,3,7-8H2,(H,21,27)(H,28,29). The number of pyridine rings is 2. The molecule has 11 heteroatoms. The minimum Gasteiger partial charge on any atom is -0.477 e. The minimum absolute atomic E-state index is 0.0312. The lowest BCUT2D eigenvalue weighted by molar-refractivity contribution is -0.125. The number of thiazole rings is 1. The van der Waals surface area contributed by atoms with Crippen LogP contribution in [0.2, 0.25) is 0 Å². The molecule has 9 nitrogen and oxygen atoms in total. The number of hydrogen-bond acceptors (Lipinski definition) is 7. The number of aromatic nitrogens is 3. The van der Waals surface area contributed by atoms with Crippen molar-refractivity contribution in [1.29, 1.82) is 0 Å². The Balaban J connectivity index is 1.77. The van der Waals surface area contributed by atoms with E-state index in [9.17, 15) is 23.9 Å². The van der Waals surface area contributed by atoms with Crippen molar-refractivity contribution in [2.24, 2.45) is 5.92 Å². The molecule has 0 atom stereocenters. The normalized spacial score (nSPS) is 13.7. The molecule has 1 aliphatic rings. The Morgan fingerprint density at radius 2 is 2.20 bits per heavy atom. The number of nitrogens with one attached hydrogen (secondary N) is 1. The Morgan fingerprint density at radius 1 is 1.43 bits per heavy atom. The highest BCUT2D eigenvalue weighted by Crippen LogP contribution is 2.29. The summed E-state index contributed by atoms with van der Waals surface area (Å²) in [6, 6.07) is 0.974. The summed E-state index contributed by atoms with van der Waals surface area (Å²) in [4.78, 5) is 46.0. The number of halogens is 1. The van der Waals surface area contributed by atoms with Crippen LogP contribution in [0.3, 0.4) is 0 Å². The van der Waals surface area contributed by atoms with Gasteiger partial charge in [-0.2, -0.15) is 0 Å². The second-order valence-corrected chi connectivity index (χ2v) is 7.42. The zero-order valence-electron chi connectivity index (χ0n) is 15.3. The van der Waals surface area contributed by atoms with Crippen LogP contribution in [0, 0.1) is 24.1 Å². The summed E-state index contributed by atoms with van der Waals surface area (Å²) in [5.74, 6) is -0.511. The largest absolute Gasteiger partial charge is 0.477 e. The van der Waals surface area contributed by atoms with Gasteiger partial charge in [-0.05, 0) is 6.07 Å². The fourth-order valence-corrected chi connectivity index (χ4v) is 3.79. The Kier molecular flexibility index (Phi) is 4.93. The van der Waals surface area contributed by atoms with Gasteiger partial charge in [0.15, 0.2) is 22.4 Å². The summed E-state index contributed by atoms with van der Waals surface area (Å²) in [6.07, 6.45) is 7.77. The number of amides is 1. The average Bonchev–Trinajstić information content (AvgIpc) is 3.20. The van der Waals surface area contributed by atoms with E-state index in [-0.39, 0.29) is 48.3 Å². The van der Waals surface area contributed by atoms with Crippen LogP contribution < -0.4 is 15.6 Å². The smallest absolute Gasteiger partial charge is 0.341 e. The van der Waals surface area contributed by atoms with E-state index in [4.69, 9.17) is 6.42 Å². The Labute approximate surface area is 172 Å². The number of carbonyl (C=O) groups is 2. The van der Waals surface area contributed by atoms with Gasteiger partial charge in [-0.15, -0.1) is 17.8 Å². The third-order valence-electron chi connectivity index (χ3n) is 4.69. The van der Waals surface area contributed by atoms with Crippen LogP contribution >= 0.6 is 11.3 Å². The van der Waals surface area contributed by atoms with Gasteiger partial charge in [0.05, 0.1) is 17.8 Å². The van der Waals surface area contributed by atoms with Gasteiger partial charge in [-0.3, -0.25) is 14.2 Å². The number of carbonyl (C=O) groups excluding carboxylic acids is 1. The van der Waals surface area contributed by atoms with Crippen molar-refractivity contribution in [3.8, 4) is 17.5 Å². The number of rotatable bonds is 5. The second-order valence-electron chi connectivity index (χ2n) is 6.55. The van der Waals surface area contributed by atoms with E-state index in [1.54, 1.807) is 10.3 Å². The van der Waals surface area contributed by atoms with Crippen molar-refractivity contribution in [3.63, 3.8) is 0 Å². The summed E-state index contributed by atoms with van der Waals surface area (Å²) in [7, 11) is 0. The van der Waals surface area contributed by atoms with E-state index in [0.717, 1.165) is 12.3 Å². The zero-order valence-corrected chi connectivity index (χ0v) is 16.1. The number of fused-ring (bicyclic) bond motifs is 1. The number of nitrogens with zero attached hydrogens (tertiary/aromatic N) is 4. The minimum atomic E-state index is -1.43. The molecule has 1 amide bonds. The number of carboxylic acid groups (broad SMARTS) is 1.